The van der Waals surface area contributed by atoms with E-state index in [0.717, 1.165) is 43.3 Å². The van der Waals surface area contributed by atoms with E-state index in [-0.39, 0.29) is 5.02 Å². The first-order valence-electron chi connectivity index (χ1n) is 10.2. The van der Waals surface area contributed by atoms with Crippen molar-refractivity contribution in [2.45, 2.75) is 25.3 Å². The largest absolute Gasteiger partial charge is 0.367 e. The van der Waals surface area contributed by atoms with Crippen molar-refractivity contribution in [3.63, 3.8) is 0 Å². The van der Waals surface area contributed by atoms with Gasteiger partial charge < -0.3 is 20.1 Å². The van der Waals surface area contributed by atoms with Crippen molar-refractivity contribution in [2.24, 2.45) is 0 Å². The summed E-state index contributed by atoms with van der Waals surface area (Å²) in [5.41, 5.74) is 8.35. The summed E-state index contributed by atoms with van der Waals surface area (Å²) < 4.78 is 19.5. The maximum Gasteiger partial charge on any atom is 0.275 e. The Morgan fingerprint density at radius 1 is 1.16 bits per heavy atom. The summed E-state index contributed by atoms with van der Waals surface area (Å²) in [6, 6.07) is 2.80. The second-order valence-corrected chi connectivity index (χ2v) is 8.51. The molecule has 4 heterocycles. The Labute approximate surface area is 188 Å². The van der Waals surface area contributed by atoms with E-state index in [0.29, 0.717) is 47.7 Å². The van der Waals surface area contributed by atoms with Crippen molar-refractivity contribution in [2.75, 3.05) is 26.2 Å². The predicted octanol–water partition coefficient (Wildman–Crippen LogP) is 2.71. The zero-order valence-corrected chi connectivity index (χ0v) is 18.2. The lowest BCUT2D eigenvalue weighted by Gasteiger charge is -2.36. The molecule has 4 N–H and O–H groups in total. The minimum absolute atomic E-state index is 0.0443. The van der Waals surface area contributed by atoms with Crippen LogP contribution in [0.2, 0.25) is 10.0 Å². The van der Waals surface area contributed by atoms with Gasteiger partial charge in [0.2, 0.25) is 0 Å². The van der Waals surface area contributed by atoms with Gasteiger partial charge in [-0.2, -0.15) is 4.98 Å². The number of nitrogens with one attached hydrogen (secondary N) is 4. The number of aromatic nitrogens is 2. The number of nitrogens with zero attached hydrogens (tertiary/aromatic N) is 3. The van der Waals surface area contributed by atoms with E-state index in [4.69, 9.17) is 27.7 Å². The number of hydrogen-bond acceptors (Lipinski definition) is 8. The van der Waals surface area contributed by atoms with Crippen LogP contribution in [0.4, 0.5) is 4.39 Å². The van der Waals surface area contributed by atoms with Gasteiger partial charge in [0.25, 0.3) is 5.89 Å². The van der Waals surface area contributed by atoms with Gasteiger partial charge in [0.1, 0.15) is 17.3 Å². The van der Waals surface area contributed by atoms with Crippen LogP contribution >= 0.6 is 23.2 Å². The molecule has 1 saturated heterocycles. The van der Waals surface area contributed by atoms with Crippen LogP contribution in [0.1, 0.15) is 36.0 Å². The summed E-state index contributed by atoms with van der Waals surface area (Å²) >= 11 is 12.5. The molecule has 1 fully saturated rings. The van der Waals surface area contributed by atoms with Crippen LogP contribution in [0.25, 0.3) is 5.70 Å². The number of benzene rings is 1. The van der Waals surface area contributed by atoms with Crippen molar-refractivity contribution in [1.82, 2.24) is 36.5 Å². The molecule has 11 heteroatoms. The molecule has 0 amide bonds. The smallest absolute Gasteiger partial charge is 0.275 e. The third-order valence-corrected chi connectivity index (χ3v) is 6.51. The Morgan fingerprint density at radius 3 is 2.84 bits per heavy atom. The molecular formula is C20H22Cl2FN7O. The lowest BCUT2D eigenvalue weighted by atomic mass is 9.98. The van der Waals surface area contributed by atoms with Gasteiger partial charge in [0.15, 0.2) is 5.82 Å². The minimum atomic E-state index is -0.485. The highest BCUT2D eigenvalue weighted by Crippen LogP contribution is 2.31. The molecule has 0 bridgehead atoms. The Morgan fingerprint density at radius 2 is 2.00 bits per heavy atom. The molecule has 3 aliphatic heterocycles. The van der Waals surface area contributed by atoms with Crippen molar-refractivity contribution >= 4 is 28.9 Å². The van der Waals surface area contributed by atoms with Crippen molar-refractivity contribution in [3.05, 3.63) is 62.9 Å². The molecule has 1 aromatic heterocycles. The van der Waals surface area contributed by atoms with Gasteiger partial charge in [0, 0.05) is 36.1 Å². The maximum atomic E-state index is 14.0. The van der Waals surface area contributed by atoms with E-state index < -0.39 is 5.82 Å². The maximum absolute atomic E-state index is 14.0. The normalized spacial score (nSPS) is 19.3. The van der Waals surface area contributed by atoms with Gasteiger partial charge in [0.05, 0.1) is 10.7 Å². The third kappa shape index (κ3) is 4.05. The molecule has 31 heavy (non-hydrogen) atoms. The number of rotatable bonds is 4. The van der Waals surface area contributed by atoms with Crippen LogP contribution in [0.3, 0.4) is 0 Å². The number of hydrogen-bond donors (Lipinski definition) is 4. The highest BCUT2D eigenvalue weighted by molar-refractivity contribution is 6.36. The Bertz CT molecular complexity index is 1050. The van der Waals surface area contributed by atoms with Crippen LogP contribution in [-0.2, 0) is 6.54 Å². The lowest BCUT2D eigenvalue weighted by molar-refractivity contribution is 0.308. The van der Waals surface area contributed by atoms with Gasteiger partial charge in [-0.15, -0.1) is 0 Å². The molecule has 5 rings (SSSR count). The fourth-order valence-electron chi connectivity index (χ4n) is 4.03. The Kier molecular flexibility index (Phi) is 5.64. The number of allylic oxidation sites excluding steroid dienone is 1. The van der Waals surface area contributed by atoms with Crippen LogP contribution in [0, 0.1) is 5.82 Å². The molecule has 0 aliphatic carbocycles. The summed E-state index contributed by atoms with van der Waals surface area (Å²) in [7, 11) is 0. The molecule has 0 unspecified atom stereocenters. The predicted molar refractivity (Wildman–Crippen MR) is 115 cm³/mol. The first kappa shape index (κ1) is 20.4. The van der Waals surface area contributed by atoms with E-state index >= 15 is 0 Å². The van der Waals surface area contributed by atoms with E-state index in [2.05, 4.69) is 36.5 Å². The quantitative estimate of drug-likeness (QED) is 0.512. The fourth-order valence-corrected chi connectivity index (χ4v) is 4.52. The first-order chi connectivity index (χ1) is 15.1. The monoisotopic (exact) mass is 465 g/mol. The van der Waals surface area contributed by atoms with Crippen LogP contribution in [0.5, 0.6) is 0 Å². The third-order valence-electron chi connectivity index (χ3n) is 5.75. The van der Waals surface area contributed by atoms with Crippen molar-refractivity contribution in [1.29, 1.82) is 0 Å². The van der Waals surface area contributed by atoms with Crippen molar-refractivity contribution < 1.29 is 8.91 Å². The molecule has 2 aromatic rings. The second kappa shape index (κ2) is 8.57. The van der Waals surface area contributed by atoms with Gasteiger partial charge in [-0.3, -0.25) is 10.9 Å². The highest BCUT2D eigenvalue weighted by atomic mass is 35.5. The SMILES string of the molecule is Fc1ccc(Cl)c(CN2CCNC3=C2C=C(c2nc(C4CCNCC4)no2)NN3)c1Cl. The van der Waals surface area contributed by atoms with Crippen LogP contribution in [-0.4, -0.2) is 41.2 Å². The zero-order chi connectivity index (χ0) is 21.4. The Hall–Kier alpha value is -2.49. The van der Waals surface area contributed by atoms with E-state index in [1.54, 1.807) is 0 Å². The first-order valence-corrected chi connectivity index (χ1v) is 11.0. The summed E-state index contributed by atoms with van der Waals surface area (Å²) in [5, 5.41) is 11.3. The molecule has 0 saturated carbocycles. The Balaban J connectivity index is 1.41. The molecule has 3 aliphatic rings. The molecule has 0 atom stereocenters. The standard InChI is InChI=1S/C20H22Cl2FN7O/c21-13-1-2-14(23)17(22)12(13)10-30-8-7-25-19-16(30)9-15(27-28-19)20-26-18(29-31-20)11-3-5-24-6-4-11/h1-2,9,11,24-25,27-28H,3-8,10H2. The van der Waals surface area contributed by atoms with Crippen LogP contribution < -0.4 is 21.5 Å². The topological polar surface area (TPSA) is 90.3 Å². The van der Waals surface area contributed by atoms with Gasteiger partial charge in [-0.25, -0.2) is 4.39 Å². The molecular weight excluding hydrogens is 444 g/mol. The number of halogens is 3. The average Bonchev–Trinajstić information content (AvgIpc) is 3.30. The fraction of sp³-hybridized carbons (Fsp3) is 0.400. The number of hydrazine groups is 1. The van der Waals surface area contributed by atoms with E-state index in [1.165, 1.54) is 12.1 Å². The summed E-state index contributed by atoms with van der Waals surface area (Å²) in [5.74, 6) is 1.77. The van der Waals surface area contributed by atoms with E-state index in [9.17, 15) is 4.39 Å². The summed E-state index contributed by atoms with van der Waals surface area (Å²) in [6.07, 6.45) is 3.91. The van der Waals surface area contributed by atoms with Gasteiger partial charge in [-0.1, -0.05) is 28.4 Å². The highest BCUT2D eigenvalue weighted by Gasteiger charge is 2.27. The molecule has 8 nitrogen and oxygen atoms in total. The second-order valence-electron chi connectivity index (χ2n) is 7.72. The zero-order valence-electron chi connectivity index (χ0n) is 16.6. The van der Waals surface area contributed by atoms with Gasteiger partial charge >= 0.3 is 0 Å². The molecule has 0 radical (unpaired) electrons. The average molecular weight is 466 g/mol. The minimum Gasteiger partial charge on any atom is -0.367 e. The molecule has 1 aromatic carbocycles. The lowest BCUT2D eigenvalue weighted by Crippen LogP contribution is -2.48. The number of piperidine rings is 1. The van der Waals surface area contributed by atoms with Crippen molar-refractivity contribution in [3.8, 4) is 0 Å². The van der Waals surface area contributed by atoms with Crippen LogP contribution in [0.15, 0.2) is 34.2 Å². The molecule has 0 spiro atoms. The van der Waals surface area contributed by atoms with E-state index in [1.807, 2.05) is 6.08 Å². The van der Waals surface area contributed by atoms with Gasteiger partial charge in [-0.05, 0) is 44.1 Å². The summed E-state index contributed by atoms with van der Waals surface area (Å²) in [4.78, 5) is 6.69. The molecule has 164 valence electrons. The summed E-state index contributed by atoms with van der Waals surface area (Å²) in [6.45, 7) is 3.68.